The number of fused-ring (bicyclic) bond motifs is 1. The second-order valence-corrected chi connectivity index (χ2v) is 9.97. The topological polar surface area (TPSA) is 90.3 Å². The van der Waals surface area contributed by atoms with Crippen LogP contribution in [0, 0.1) is 17.8 Å². The van der Waals surface area contributed by atoms with Crippen LogP contribution in [0.2, 0.25) is 0 Å². The Bertz CT molecular complexity index is 875. The zero-order chi connectivity index (χ0) is 22.5. The fourth-order valence-electron chi connectivity index (χ4n) is 3.49. The number of likely N-dealkylation sites (N-methyl/N-ethyl adjacent to an activating group) is 1. The number of aliphatic hydroxyl groups is 2. The third-order valence-electron chi connectivity index (χ3n) is 5.19. The van der Waals surface area contributed by atoms with E-state index in [9.17, 15) is 18.6 Å². The Morgan fingerprint density at radius 2 is 2.07 bits per heavy atom. The van der Waals surface area contributed by atoms with Crippen LogP contribution >= 0.6 is 0 Å². The van der Waals surface area contributed by atoms with Crippen molar-refractivity contribution in [2.45, 2.75) is 57.3 Å². The van der Waals surface area contributed by atoms with Crippen molar-refractivity contribution in [2.24, 2.45) is 5.92 Å². The maximum atomic E-state index is 13.4. The molecule has 1 aliphatic heterocycles. The Morgan fingerprint density at radius 3 is 2.67 bits per heavy atom. The van der Waals surface area contributed by atoms with Gasteiger partial charge in [0.1, 0.15) is 22.9 Å². The minimum atomic E-state index is -3.86. The van der Waals surface area contributed by atoms with Crippen LogP contribution in [0.1, 0.15) is 39.7 Å². The van der Waals surface area contributed by atoms with Crippen LogP contribution in [0.15, 0.2) is 23.1 Å². The quantitative estimate of drug-likeness (QED) is 0.655. The number of ether oxygens (including phenoxy) is 1. The van der Waals surface area contributed by atoms with Crippen LogP contribution in [-0.4, -0.2) is 79.4 Å². The predicted molar refractivity (Wildman–Crippen MR) is 117 cm³/mol. The second-order valence-electron chi connectivity index (χ2n) is 8.11. The predicted octanol–water partition coefficient (Wildman–Crippen LogP) is 1.53. The van der Waals surface area contributed by atoms with Crippen molar-refractivity contribution in [2.75, 3.05) is 33.3 Å². The molecule has 0 saturated heterocycles. The maximum absolute atomic E-state index is 13.4. The first-order chi connectivity index (χ1) is 14.1. The number of aliphatic hydroxyl groups excluding tert-OH is 2. The summed E-state index contributed by atoms with van der Waals surface area (Å²) in [6.07, 6.45) is -0.00725. The SMILES string of the molecule is CCCN(C)C[C@@H]1Oc2cc(C#C[C@H](C)O)ccc2S(=O)(=O)N([C@H](C)CO)C[C@@H]1C. The average molecular weight is 439 g/mol. The zero-order valence-electron chi connectivity index (χ0n) is 18.5. The number of rotatable bonds is 6. The standard InChI is InChI=1S/C22H34N2O5S/c1-6-11-23(5)14-21-16(2)13-24(17(3)15-25)30(27,28)22-10-9-19(8-7-18(4)26)12-20(22)29-21/h9-10,12,16-18,21,25-26H,6,11,13-15H2,1-5H3/t16-,17+,18-,21-/m0/s1. The van der Waals surface area contributed by atoms with E-state index >= 15 is 0 Å². The van der Waals surface area contributed by atoms with Gasteiger partial charge in [-0.1, -0.05) is 25.7 Å². The van der Waals surface area contributed by atoms with Crippen LogP contribution in [0.4, 0.5) is 0 Å². The van der Waals surface area contributed by atoms with E-state index in [0.29, 0.717) is 12.1 Å². The summed E-state index contributed by atoms with van der Waals surface area (Å²) in [4.78, 5) is 2.24. The first-order valence-electron chi connectivity index (χ1n) is 10.4. The van der Waals surface area contributed by atoms with E-state index < -0.39 is 22.2 Å². The molecule has 168 valence electrons. The van der Waals surface area contributed by atoms with Crippen molar-refractivity contribution in [3.8, 4) is 17.6 Å². The Kier molecular flexibility index (Phi) is 8.71. The van der Waals surface area contributed by atoms with Gasteiger partial charge in [0.05, 0.1) is 6.61 Å². The number of sulfonamides is 1. The lowest BCUT2D eigenvalue weighted by atomic mass is 10.0. The Balaban J connectivity index is 2.56. The monoisotopic (exact) mass is 438 g/mol. The van der Waals surface area contributed by atoms with E-state index in [1.807, 2.05) is 14.0 Å². The highest BCUT2D eigenvalue weighted by Gasteiger charge is 2.38. The molecule has 0 aliphatic carbocycles. The molecule has 0 bridgehead atoms. The molecule has 2 N–H and O–H groups in total. The first-order valence-corrected chi connectivity index (χ1v) is 11.9. The third kappa shape index (κ3) is 5.96. The number of hydrogen-bond acceptors (Lipinski definition) is 6. The summed E-state index contributed by atoms with van der Waals surface area (Å²) in [6, 6.07) is 4.18. The van der Waals surface area contributed by atoms with Gasteiger partial charge in [-0.05, 0) is 52.1 Å². The molecule has 0 radical (unpaired) electrons. The molecule has 2 rings (SSSR count). The van der Waals surface area contributed by atoms with Gasteiger partial charge in [-0.15, -0.1) is 0 Å². The molecule has 30 heavy (non-hydrogen) atoms. The maximum Gasteiger partial charge on any atom is 0.247 e. The van der Waals surface area contributed by atoms with E-state index in [2.05, 4.69) is 23.7 Å². The summed E-state index contributed by atoms with van der Waals surface area (Å²) in [5.41, 5.74) is 0.570. The Labute approximate surface area is 180 Å². The third-order valence-corrected chi connectivity index (χ3v) is 7.21. The minimum Gasteiger partial charge on any atom is -0.487 e. The molecular formula is C22H34N2O5S. The van der Waals surface area contributed by atoms with Gasteiger partial charge in [0, 0.05) is 30.6 Å². The fraction of sp³-hybridized carbons (Fsp3) is 0.636. The van der Waals surface area contributed by atoms with Crippen molar-refractivity contribution in [3.05, 3.63) is 23.8 Å². The smallest absolute Gasteiger partial charge is 0.247 e. The summed E-state index contributed by atoms with van der Waals surface area (Å²) in [6.45, 7) is 8.91. The Morgan fingerprint density at radius 1 is 1.37 bits per heavy atom. The van der Waals surface area contributed by atoms with Gasteiger partial charge in [-0.2, -0.15) is 4.31 Å². The summed E-state index contributed by atoms with van der Waals surface area (Å²) in [7, 11) is -1.84. The lowest BCUT2D eigenvalue weighted by molar-refractivity contribution is 0.0752. The zero-order valence-corrected chi connectivity index (χ0v) is 19.3. The van der Waals surface area contributed by atoms with Gasteiger partial charge in [0.15, 0.2) is 0 Å². The number of nitrogens with zero attached hydrogens (tertiary/aromatic N) is 2. The van der Waals surface area contributed by atoms with Crippen LogP contribution in [0.3, 0.4) is 0 Å². The van der Waals surface area contributed by atoms with Gasteiger partial charge in [0.2, 0.25) is 10.0 Å². The molecule has 0 amide bonds. The van der Waals surface area contributed by atoms with Gasteiger partial charge < -0.3 is 19.8 Å². The number of hydrogen-bond donors (Lipinski definition) is 2. The highest BCUT2D eigenvalue weighted by atomic mass is 32.2. The van der Waals surface area contributed by atoms with Crippen LogP contribution in [0.25, 0.3) is 0 Å². The summed E-state index contributed by atoms with van der Waals surface area (Å²) in [5.74, 6) is 5.69. The lowest BCUT2D eigenvalue weighted by Gasteiger charge is -2.37. The molecule has 1 aromatic rings. The van der Waals surface area contributed by atoms with E-state index in [1.165, 1.54) is 10.4 Å². The molecule has 0 fully saturated rings. The van der Waals surface area contributed by atoms with E-state index in [4.69, 9.17) is 4.74 Å². The molecule has 0 saturated carbocycles. The molecule has 4 atom stereocenters. The Hall–Kier alpha value is -1.63. The molecule has 1 heterocycles. The molecule has 1 aromatic carbocycles. The lowest BCUT2D eigenvalue weighted by Crippen LogP contribution is -2.49. The van der Waals surface area contributed by atoms with Gasteiger partial charge in [-0.3, -0.25) is 0 Å². The summed E-state index contributed by atoms with van der Waals surface area (Å²) >= 11 is 0. The molecule has 0 unspecified atom stereocenters. The molecule has 7 nitrogen and oxygen atoms in total. The number of benzene rings is 1. The highest BCUT2D eigenvalue weighted by molar-refractivity contribution is 7.89. The van der Waals surface area contributed by atoms with Crippen LogP contribution < -0.4 is 4.74 Å². The van der Waals surface area contributed by atoms with Gasteiger partial charge >= 0.3 is 0 Å². The molecule has 0 spiro atoms. The highest BCUT2D eigenvalue weighted by Crippen LogP contribution is 2.34. The molecular weight excluding hydrogens is 404 g/mol. The normalized spacial score (nSPS) is 23.3. The average Bonchev–Trinajstić information content (AvgIpc) is 2.68. The van der Waals surface area contributed by atoms with Gasteiger partial charge in [0.25, 0.3) is 0 Å². The van der Waals surface area contributed by atoms with Crippen molar-refractivity contribution in [3.63, 3.8) is 0 Å². The summed E-state index contributed by atoms with van der Waals surface area (Å²) < 4.78 is 34.4. The fourth-order valence-corrected chi connectivity index (χ4v) is 5.31. The molecule has 0 aromatic heterocycles. The van der Waals surface area contributed by atoms with Crippen molar-refractivity contribution in [1.29, 1.82) is 0 Å². The second kappa shape index (κ2) is 10.6. The largest absolute Gasteiger partial charge is 0.487 e. The van der Waals surface area contributed by atoms with Crippen LogP contribution in [-0.2, 0) is 10.0 Å². The minimum absolute atomic E-state index is 0.0699. The molecule has 8 heteroatoms. The van der Waals surface area contributed by atoms with Crippen molar-refractivity contribution < 1.29 is 23.4 Å². The van der Waals surface area contributed by atoms with E-state index in [-0.39, 0.29) is 35.8 Å². The van der Waals surface area contributed by atoms with Gasteiger partial charge in [-0.25, -0.2) is 8.42 Å². The van der Waals surface area contributed by atoms with Crippen molar-refractivity contribution in [1.82, 2.24) is 9.21 Å². The molecule has 1 aliphatic rings. The van der Waals surface area contributed by atoms with Crippen molar-refractivity contribution >= 4 is 10.0 Å². The first kappa shape index (κ1) is 24.6. The van der Waals surface area contributed by atoms with E-state index in [0.717, 1.165) is 13.0 Å². The summed E-state index contributed by atoms with van der Waals surface area (Å²) in [5, 5.41) is 19.1. The van der Waals surface area contributed by atoms with E-state index in [1.54, 1.807) is 26.0 Å². The van der Waals surface area contributed by atoms with Crippen LogP contribution in [0.5, 0.6) is 5.75 Å².